The molecule has 16 heavy (non-hydrogen) atoms. The molecule has 0 unspecified atom stereocenters. The molecule has 0 aromatic heterocycles. The van der Waals surface area contributed by atoms with Crippen LogP contribution in [0.5, 0.6) is 0 Å². The fourth-order valence-electron chi connectivity index (χ4n) is 1.60. The van der Waals surface area contributed by atoms with Crippen LogP contribution in [-0.2, 0) is 0 Å². The van der Waals surface area contributed by atoms with Gasteiger partial charge in [0.2, 0.25) is 0 Å². The molecule has 0 aliphatic rings. The summed E-state index contributed by atoms with van der Waals surface area (Å²) in [5.41, 5.74) is 0.0980. The standard InChI is InChI=1S/C12H24F3N/c1-4-5-6-7-11(2,3)10-16-9-8-12(13,14)15/h16H,4-10H2,1-3H3. The van der Waals surface area contributed by atoms with Gasteiger partial charge in [0.25, 0.3) is 0 Å². The van der Waals surface area contributed by atoms with Gasteiger partial charge < -0.3 is 5.32 Å². The van der Waals surface area contributed by atoms with Gasteiger partial charge in [-0.05, 0) is 11.8 Å². The number of hydrogen-bond donors (Lipinski definition) is 1. The van der Waals surface area contributed by atoms with Crippen LogP contribution in [0, 0.1) is 5.41 Å². The average Bonchev–Trinajstić information content (AvgIpc) is 2.11. The number of halogens is 3. The molecule has 0 bridgehead atoms. The van der Waals surface area contributed by atoms with Gasteiger partial charge in [0.05, 0.1) is 6.42 Å². The minimum atomic E-state index is -4.04. The lowest BCUT2D eigenvalue weighted by Gasteiger charge is -2.25. The molecule has 0 fully saturated rings. The van der Waals surface area contributed by atoms with Crippen LogP contribution in [0.1, 0.15) is 52.9 Å². The number of nitrogens with one attached hydrogen (secondary N) is 1. The Kier molecular flexibility index (Phi) is 7.04. The van der Waals surface area contributed by atoms with E-state index in [9.17, 15) is 13.2 Å². The molecule has 1 nitrogen and oxygen atoms in total. The van der Waals surface area contributed by atoms with Crippen LogP contribution < -0.4 is 5.32 Å². The number of unbranched alkanes of at least 4 members (excludes halogenated alkanes) is 2. The van der Waals surface area contributed by atoms with Crippen LogP contribution in [0.15, 0.2) is 0 Å². The van der Waals surface area contributed by atoms with E-state index in [1.807, 2.05) is 0 Å². The van der Waals surface area contributed by atoms with Crippen molar-refractivity contribution in [3.63, 3.8) is 0 Å². The van der Waals surface area contributed by atoms with E-state index >= 15 is 0 Å². The third-order valence-corrected chi connectivity index (χ3v) is 2.65. The molecule has 0 radical (unpaired) electrons. The zero-order valence-electron chi connectivity index (χ0n) is 10.6. The fourth-order valence-corrected chi connectivity index (χ4v) is 1.60. The molecule has 0 aromatic rings. The Morgan fingerprint density at radius 1 is 1.00 bits per heavy atom. The predicted octanol–water partition coefficient (Wildman–Crippen LogP) is 4.13. The first-order valence-corrected chi connectivity index (χ1v) is 6.04. The van der Waals surface area contributed by atoms with E-state index in [0.717, 1.165) is 12.8 Å². The van der Waals surface area contributed by atoms with E-state index < -0.39 is 12.6 Å². The van der Waals surface area contributed by atoms with Crippen LogP contribution >= 0.6 is 0 Å². The number of rotatable bonds is 8. The first-order chi connectivity index (χ1) is 7.27. The van der Waals surface area contributed by atoms with Crippen molar-refractivity contribution in [2.45, 2.75) is 59.1 Å². The first kappa shape index (κ1) is 15.8. The molecule has 1 N–H and O–H groups in total. The lowest BCUT2D eigenvalue weighted by Crippen LogP contribution is -2.31. The summed E-state index contributed by atoms with van der Waals surface area (Å²) in [6, 6.07) is 0. The molecule has 0 saturated heterocycles. The van der Waals surface area contributed by atoms with Gasteiger partial charge >= 0.3 is 6.18 Å². The van der Waals surface area contributed by atoms with E-state index in [-0.39, 0.29) is 12.0 Å². The molecule has 4 heteroatoms. The van der Waals surface area contributed by atoms with Crippen LogP contribution in [0.25, 0.3) is 0 Å². The summed E-state index contributed by atoms with van der Waals surface area (Å²) in [5, 5.41) is 2.89. The molecule has 0 rings (SSSR count). The molecule has 0 aliphatic carbocycles. The van der Waals surface area contributed by atoms with Crippen molar-refractivity contribution in [1.29, 1.82) is 0 Å². The maximum absolute atomic E-state index is 11.9. The van der Waals surface area contributed by atoms with Gasteiger partial charge in [0.1, 0.15) is 0 Å². The van der Waals surface area contributed by atoms with Gasteiger partial charge in [0, 0.05) is 13.1 Å². The highest BCUT2D eigenvalue weighted by atomic mass is 19.4. The summed E-state index contributed by atoms with van der Waals surface area (Å²) >= 11 is 0. The Balaban J connectivity index is 3.57. The van der Waals surface area contributed by atoms with Gasteiger partial charge in [-0.1, -0.05) is 40.0 Å². The number of alkyl halides is 3. The minimum absolute atomic E-state index is 0.0285. The van der Waals surface area contributed by atoms with Gasteiger partial charge in [-0.25, -0.2) is 0 Å². The molecular weight excluding hydrogens is 215 g/mol. The fraction of sp³-hybridized carbons (Fsp3) is 1.00. The highest BCUT2D eigenvalue weighted by Crippen LogP contribution is 2.23. The Bertz CT molecular complexity index is 176. The molecule has 0 heterocycles. The van der Waals surface area contributed by atoms with E-state index in [2.05, 4.69) is 26.1 Å². The minimum Gasteiger partial charge on any atom is -0.316 e. The summed E-state index contributed by atoms with van der Waals surface area (Å²) in [7, 11) is 0. The zero-order valence-corrected chi connectivity index (χ0v) is 10.6. The van der Waals surface area contributed by atoms with Crippen LogP contribution in [0.3, 0.4) is 0 Å². The Labute approximate surface area is 96.8 Å². The largest absolute Gasteiger partial charge is 0.390 e. The van der Waals surface area contributed by atoms with E-state index in [0.29, 0.717) is 6.54 Å². The van der Waals surface area contributed by atoms with Crippen molar-refractivity contribution in [1.82, 2.24) is 5.32 Å². The summed E-state index contributed by atoms with van der Waals surface area (Å²) in [6.07, 6.45) is -0.175. The van der Waals surface area contributed by atoms with Gasteiger partial charge in [-0.2, -0.15) is 13.2 Å². The second kappa shape index (κ2) is 7.15. The van der Waals surface area contributed by atoms with E-state index in [1.54, 1.807) is 0 Å². The first-order valence-electron chi connectivity index (χ1n) is 6.04. The van der Waals surface area contributed by atoms with Crippen molar-refractivity contribution in [2.75, 3.05) is 13.1 Å². The van der Waals surface area contributed by atoms with Gasteiger partial charge in [0.15, 0.2) is 0 Å². The van der Waals surface area contributed by atoms with Crippen LogP contribution in [0.4, 0.5) is 13.2 Å². The zero-order chi connectivity index (χ0) is 12.7. The van der Waals surface area contributed by atoms with Gasteiger partial charge in [-0.3, -0.25) is 0 Å². The summed E-state index contributed by atoms with van der Waals surface area (Å²) < 4.78 is 35.7. The lowest BCUT2D eigenvalue weighted by atomic mass is 9.87. The molecule has 0 spiro atoms. The van der Waals surface area contributed by atoms with Crippen molar-refractivity contribution in [3.05, 3.63) is 0 Å². The normalized spacial score (nSPS) is 13.1. The number of hydrogen-bond acceptors (Lipinski definition) is 1. The topological polar surface area (TPSA) is 12.0 Å². The summed E-state index contributed by atoms with van der Waals surface area (Å²) in [6.45, 7) is 7.04. The van der Waals surface area contributed by atoms with Crippen molar-refractivity contribution in [2.24, 2.45) is 5.41 Å². The highest BCUT2D eigenvalue weighted by molar-refractivity contribution is 4.71. The quantitative estimate of drug-likeness (QED) is 0.628. The molecule has 0 atom stereocenters. The Morgan fingerprint density at radius 2 is 1.62 bits per heavy atom. The average molecular weight is 239 g/mol. The van der Waals surface area contributed by atoms with Crippen molar-refractivity contribution < 1.29 is 13.2 Å². The summed E-state index contributed by atoms with van der Waals surface area (Å²) in [5.74, 6) is 0. The Morgan fingerprint density at radius 3 is 2.12 bits per heavy atom. The van der Waals surface area contributed by atoms with E-state index in [4.69, 9.17) is 0 Å². The van der Waals surface area contributed by atoms with Crippen molar-refractivity contribution >= 4 is 0 Å². The lowest BCUT2D eigenvalue weighted by molar-refractivity contribution is -0.133. The molecule has 0 saturated carbocycles. The molecule has 0 amide bonds. The SMILES string of the molecule is CCCCCC(C)(C)CNCCC(F)(F)F. The smallest absolute Gasteiger partial charge is 0.316 e. The molecular formula is C12H24F3N. The maximum atomic E-state index is 11.9. The van der Waals surface area contributed by atoms with Crippen molar-refractivity contribution in [3.8, 4) is 0 Å². The second-order valence-electron chi connectivity index (χ2n) is 5.16. The predicted molar refractivity (Wildman–Crippen MR) is 61.5 cm³/mol. The molecule has 0 aromatic carbocycles. The highest BCUT2D eigenvalue weighted by Gasteiger charge is 2.26. The van der Waals surface area contributed by atoms with Gasteiger partial charge in [-0.15, -0.1) is 0 Å². The Hall–Kier alpha value is -0.250. The molecule has 98 valence electrons. The monoisotopic (exact) mass is 239 g/mol. The third-order valence-electron chi connectivity index (χ3n) is 2.65. The van der Waals surface area contributed by atoms with Crippen LogP contribution in [0.2, 0.25) is 0 Å². The third kappa shape index (κ3) is 10.3. The summed E-state index contributed by atoms with van der Waals surface area (Å²) in [4.78, 5) is 0. The van der Waals surface area contributed by atoms with Crippen LogP contribution in [-0.4, -0.2) is 19.3 Å². The van der Waals surface area contributed by atoms with E-state index in [1.165, 1.54) is 12.8 Å². The molecule has 0 aliphatic heterocycles. The second-order valence-corrected chi connectivity index (χ2v) is 5.16. The maximum Gasteiger partial charge on any atom is 0.390 e.